The largest absolute Gasteiger partial charge is 0.319 e. The first-order valence-corrected chi connectivity index (χ1v) is 9.17. The molecule has 4 nitrogen and oxygen atoms in total. The van der Waals surface area contributed by atoms with Gasteiger partial charge in [0, 0.05) is 11.6 Å². The van der Waals surface area contributed by atoms with Gasteiger partial charge in [-0.3, -0.25) is 9.20 Å². The van der Waals surface area contributed by atoms with E-state index in [1.807, 2.05) is 16.7 Å². The monoisotopic (exact) mass is 439 g/mol. The first-order valence-electron chi connectivity index (χ1n) is 7.62. The van der Waals surface area contributed by atoms with Crippen LogP contribution < -0.4 is 5.32 Å². The van der Waals surface area contributed by atoms with Crippen LogP contribution in [0.5, 0.6) is 0 Å². The summed E-state index contributed by atoms with van der Waals surface area (Å²) in [6, 6.07) is 8.60. The van der Waals surface area contributed by atoms with Gasteiger partial charge in [0.25, 0.3) is 5.91 Å². The van der Waals surface area contributed by atoms with Crippen LogP contribution in [0.3, 0.4) is 0 Å². The van der Waals surface area contributed by atoms with Gasteiger partial charge in [0.2, 0.25) is 0 Å². The summed E-state index contributed by atoms with van der Waals surface area (Å²) in [7, 11) is 0. The molecule has 0 saturated heterocycles. The van der Waals surface area contributed by atoms with Crippen molar-refractivity contribution in [3.05, 3.63) is 62.4 Å². The molecule has 0 unspecified atom stereocenters. The van der Waals surface area contributed by atoms with Crippen molar-refractivity contribution in [3.63, 3.8) is 0 Å². The Morgan fingerprint density at radius 3 is 2.40 bits per heavy atom. The van der Waals surface area contributed by atoms with Crippen LogP contribution in [0.2, 0.25) is 10.0 Å². The highest BCUT2D eigenvalue weighted by molar-refractivity contribution is 9.10. The van der Waals surface area contributed by atoms with Gasteiger partial charge in [0.1, 0.15) is 4.60 Å². The van der Waals surface area contributed by atoms with Crippen LogP contribution >= 0.6 is 39.1 Å². The zero-order chi connectivity index (χ0) is 18.4. The van der Waals surface area contributed by atoms with Crippen molar-refractivity contribution in [2.24, 2.45) is 0 Å². The standard InChI is InChI=1S/C18H16BrCl2N3O/c1-18(2,3)14-15(19)24-9-5-8-12(16(24)23-14)22-17(25)13-10(20)6-4-7-11(13)21/h4-9H,1-3H3,(H,22,25). The third kappa shape index (κ3) is 3.41. The fraction of sp³-hybridized carbons (Fsp3) is 0.222. The average Bonchev–Trinajstić information content (AvgIpc) is 2.86. The van der Waals surface area contributed by atoms with E-state index in [0.29, 0.717) is 21.4 Å². The number of amides is 1. The summed E-state index contributed by atoms with van der Waals surface area (Å²) in [4.78, 5) is 17.4. The lowest BCUT2D eigenvalue weighted by molar-refractivity contribution is 0.102. The summed E-state index contributed by atoms with van der Waals surface area (Å²) in [6.45, 7) is 6.25. The Morgan fingerprint density at radius 1 is 1.16 bits per heavy atom. The molecule has 0 fully saturated rings. The van der Waals surface area contributed by atoms with Crippen molar-refractivity contribution in [2.45, 2.75) is 26.2 Å². The van der Waals surface area contributed by atoms with Crippen molar-refractivity contribution in [3.8, 4) is 0 Å². The molecule has 0 radical (unpaired) electrons. The Kier molecular flexibility index (Phi) is 4.84. The number of rotatable bonds is 2. The number of nitrogens with one attached hydrogen (secondary N) is 1. The van der Waals surface area contributed by atoms with Gasteiger partial charge >= 0.3 is 0 Å². The molecule has 130 valence electrons. The number of pyridine rings is 1. The summed E-state index contributed by atoms with van der Waals surface area (Å²) in [5, 5.41) is 3.47. The number of benzene rings is 1. The Labute approximate surface area is 164 Å². The highest BCUT2D eigenvalue weighted by Crippen LogP contribution is 2.32. The van der Waals surface area contributed by atoms with Gasteiger partial charge in [-0.25, -0.2) is 4.98 Å². The van der Waals surface area contributed by atoms with Crippen LogP contribution in [0.25, 0.3) is 5.65 Å². The first kappa shape index (κ1) is 18.2. The Morgan fingerprint density at radius 2 is 1.80 bits per heavy atom. The molecule has 0 spiro atoms. The minimum absolute atomic E-state index is 0.141. The molecule has 1 amide bonds. The number of halogens is 3. The van der Waals surface area contributed by atoms with Crippen LogP contribution in [0.4, 0.5) is 5.69 Å². The molecular formula is C18H16BrCl2N3O. The molecule has 0 aliphatic heterocycles. The van der Waals surface area contributed by atoms with Gasteiger partial charge in [-0.05, 0) is 40.2 Å². The Bertz CT molecular complexity index is 956. The summed E-state index contributed by atoms with van der Waals surface area (Å²) in [6.07, 6.45) is 1.89. The predicted molar refractivity (Wildman–Crippen MR) is 106 cm³/mol. The summed E-state index contributed by atoms with van der Waals surface area (Å²) >= 11 is 15.9. The third-order valence-corrected chi connectivity index (χ3v) is 5.13. The highest BCUT2D eigenvalue weighted by Gasteiger charge is 2.24. The quantitative estimate of drug-likeness (QED) is 0.534. The van der Waals surface area contributed by atoms with E-state index in [1.54, 1.807) is 24.3 Å². The lowest BCUT2D eigenvalue weighted by Gasteiger charge is -2.15. The highest BCUT2D eigenvalue weighted by atomic mass is 79.9. The molecule has 0 aliphatic rings. The molecule has 0 saturated carbocycles. The van der Waals surface area contributed by atoms with Crippen molar-refractivity contribution < 1.29 is 4.79 Å². The zero-order valence-electron chi connectivity index (χ0n) is 13.9. The number of imidazole rings is 1. The van der Waals surface area contributed by atoms with Gasteiger partial charge in [-0.15, -0.1) is 0 Å². The SMILES string of the molecule is CC(C)(C)c1nc2c(NC(=O)c3c(Cl)cccc3Cl)cccn2c1Br. The van der Waals surface area contributed by atoms with E-state index in [-0.39, 0.29) is 16.9 Å². The zero-order valence-corrected chi connectivity index (χ0v) is 17.0. The number of nitrogens with zero attached hydrogens (tertiary/aromatic N) is 2. The molecule has 0 aliphatic carbocycles. The number of anilines is 1. The number of fused-ring (bicyclic) bond motifs is 1. The number of carbonyl (C=O) groups is 1. The van der Waals surface area contributed by atoms with Crippen molar-refractivity contribution in [1.82, 2.24) is 9.38 Å². The molecule has 2 heterocycles. The van der Waals surface area contributed by atoms with Gasteiger partial charge in [0.05, 0.1) is 27.0 Å². The number of hydrogen-bond acceptors (Lipinski definition) is 2. The van der Waals surface area contributed by atoms with Crippen molar-refractivity contribution in [1.29, 1.82) is 0 Å². The number of hydrogen-bond donors (Lipinski definition) is 1. The van der Waals surface area contributed by atoms with E-state index in [0.717, 1.165) is 10.3 Å². The second-order valence-electron chi connectivity index (χ2n) is 6.67. The van der Waals surface area contributed by atoms with Gasteiger partial charge in [-0.1, -0.05) is 50.0 Å². The van der Waals surface area contributed by atoms with Crippen LogP contribution in [0.15, 0.2) is 41.1 Å². The summed E-state index contributed by atoms with van der Waals surface area (Å²) in [5.41, 5.74) is 2.24. The maximum atomic E-state index is 12.7. The van der Waals surface area contributed by atoms with Crippen molar-refractivity contribution >= 4 is 56.4 Å². The topological polar surface area (TPSA) is 46.4 Å². The molecule has 25 heavy (non-hydrogen) atoms. The van der Waals surface area contributed by atoms with E-state index in [2.05, 4.69) is 42.0 Å². The van der Waals surface area contributed by atoms with Crippen LogP contribution in [-0.2, 0) is 5.41 Å². The Balaban J connectivity index is 2.07. The molecule has 3 aromatic rings. The van der Waals surface area contributed by atoms with E-state index in [4.69, 9.17) is 28.2 Å². The number of aromatic nitrogens is 2. The molecule has 7 heteroatoms. The van der Waals surface area contributed by atoms with Crippen LogP contribution in [0, 0.1) is 0 Å². The molecule has 0 bridgehead atoms. The first-order chi connectivity index (χ1) is 11.7. The minimum atomic E-state index is -0.375. The lowest BCUT2D eigenvalue weighted by Crippen LogP contribution is -2.14. The van der Waals surface area contributed by atoms with Gasteiger partial charge < -0.3 is 5.32 Å². The third-order valence-electron chi connectivity index (χ3n) is 3.74. The van der Waals surface area contributed by atoms with E-state index in [9.17, 15) is 4.79 Å². The van der Waals surface area contributed by atoms with Crippen LogP contribution in [0.1, 0.15) is 36.8 Å². The predicted octanol–water partition coefficient (Wildman–Crippen LogP) is 5.95. The van der Waals surface area contributed by atoms with Gasteiger partial charge in [0.15, 0.2) is 5.65 Å². The van der Waals surface area contributed by atoms with E-state index in [1.165, 1.54) is 0 Å². The van der Waals surface area contributed by atoms with E-state index < -0.39 is 0 Å². The smallest absolute Gasteiger partial charge is 0.258 e. The Hall–Kier alpha value is -1.56. The maximum Gasteiger partial charge on any atom is 0.258 e. The molecule has 1 N–H and O–H groups in total. The molecule has 3 rings (SSSR count). The molecule has 0 atom stereocenters. The lowest BCUT2D eigenvalue weighted by atomic mass is 9.93. The molecule has 2 aromatic heterocycles. The van der Waals surface area contributed by atoms with Gasteiger partial charge in [-0.2, -0.15) is 0 Å². The maximum absolute atomic E-state index is 12.7. The molecule has 1 aromatic carbocycles. The fourth-order valence-corrected chi connectivity index (χ4v) is 4.05. The number of carbonyl (C=O) groups excluding carboxylic acids is 1. The molecular weight excluding hydrogens is 425 g/mol. The van der Waals surface area contributed by atoms with Crippen molar-refractivity contribution in [2.75, 3.05) is 5.32 Å². The van der Waals surface area contributed by atoms with E-state index >= 15 is 0 Å². The summed E-state index contributed by atoms with van der Waals surface area (Å²) in [5.74, 6) is -0.375. The van der Waals surface area contributed by atoms with Crippen LogP contribution in [-0.4, -0.2) is 15.3 Å². The fourth-order valence-electron chi connectivity index (χ4n) is 2.51. The second-order valence-corrected chi connectivity index (χ2v) is 8.23. The normalized spacial score (nSPS) is 11.8. The summed E-state index contributed by atoms with van der Waals surface area (Å²) < 4.78 is 2.76. The minimum Gasteiger partial charge on any atom is -0.319 e. The second kappa shape index (κ2) is 6.63. The average molecular weight is 441 g/mol.